The number of benzene rings is 1. The third-order valence-electron chi connectivity index (χ3n) is 1.66. The van der Waals surface area contributed by atoms with Gasteiger partial charge in [-0.1, -0.05) is 0 Å². The summed E-state index contributed by atoms with van der Waals surface area (Å²) < 4.78 is 38.2. The average molecular weight is 244 g/mol. The van der Waals surface area contributed by atoms with Crippen LogP contribution >= 0.6 is 0 Å². The number of hydrogen-bond acceptors (Lipinski definition) is 3. The molecular weight excluding hydrogens is 237 g/mol. The van der Waals surface area contributed by atoms with E-state index in [4.69, 9.17) is 5.26 Å². The zero-order valence-electron chi connectivity index (χ0n) is 8.41. The van der Waals surface area contributed by atoms with Crippen LogP contribution in [0.1, 0.15) is 5.56 Å². The Balaban J connectivity index is 2.48. The van der Waals surface area contributed by atoms with E-state index in [9.17, 15) is 18.0 Å². The molecule has 90 valence electrons. The van der Waals surface area contributed by atoms with E-state index in [1.165, 1.54) is 24.3 Å². The molecule has 17 heavy (non-hydrogen) atoms. The van der Waals surface area contributed by atoms with Crippen LogP contribution in [0.3, 0.4) is 0 Å². The molecule has 0 aliphatic carbocycles. The summed E-state index contributed by atoms with van der Waals surface area (Å²) in [6.45, 7) is -1.11. The molecule has 0 aliphatic rings. The molecule has 0 heterocycles. The Bertz CT molecular complexity index is 434. The highest BCUT2D eigenvalue weighted by Crippen LogP contribution is 2.16. The molecule has 7 heteroatoms. The van der Waals surface area contributed by atoms with Gasteiger partial charge in [0.25, 0.3) is 5.91 Å². The van der Waals surface area contributed by atoms with Gasteiger partial charge in [-0.05, 0) is 24.3 Å². The highest BCUT2D eigenvalue weighted by Gasteiger charge is 2.30. The van der Waals surface area contributed by atoms with Crippen LogP contribution in [0.25, 0.3) is 0 Å². The lowest BCUT2D eigenvalue weighted by Gasteiger charge is -2.08. The molecule has 1 aromatic carbocycles. The van der Waals surface area contributed by atoms with E-state index >= 15 is 0 Å². The minimum Gasteiger partial charge on any atom is -0.324 e. The van der Waals surface area contributed by atoms with Crippen LogP contribution in [0.4, 0.5) is 18.9 Å². The monoisotopic (exact) mass is 244 g/mol. The van der Waals surface area contributed by atoms with Crippen LogP contribution < -0.4 is 5.32 Å². The summed E-state index contributed by atoms with van der Waals surface area (Å²) in [4.78, 5) is 11.0. The van der Waals surface area contributed by atoms with Gasteiger partial charge in [0.05, 0.1) is 11.6 Å². The first kappa shape index (κ1) is 13.0. The lowest BCUT2D eigenvalue weighted by Crippen LogP contribution is -2.24. The molecule has 0 unspecified atom stereocenters. The lowest BCUT2D eigenvalue weighted by molar-refractivity contribution is -0.320. The van der Waals surface area contributed by atoms with Crippen molar-refractivity contribution in [2.24, 2.45) is 0 Å². The van der Waals surface area contributed by atoms with Crippen LogP contribution in [0.15, 0.2) is 24.3 Å². The summed E-state index contributed by atoms with van der Waals surface area (Å²) in [6.07, 6.45) is -4.83. The molecule has 0 fully saturated rings. The molecule has 1 amide bonds. The number of nitrogens with zero attached hydrogens (tertiary/aromatic N) is 1. The molecule has 0 radical (unpaired) electrons. The highest BCUT2D eigenvalue weighted by atomic mass is 19.4. The van der Waals surface area contributed by atoms with Crippen molar-refractivity contribution in [1.29, 1.82) is 5.26 Å². The summed E-state index contributed by atoms with van der Waals surface area (Å²) in [5.41, 5.74) is 0.675. The number of anilines is 1. The number of alkyl halides is 3. The standard InChI is InChI=1S/C10H7F3N2O2/c11-10(12,13)17-6-9(16)15-8-3-1-7(5-14)2-4-8/h1-4H,6H2,(H,15,16). The van der Waals surface area contributed by atoms with Crippen molar-refractivity contribution in [3.05, 3.63) is 29.8 Å². The second-order valence-electron chi connectivity index (χ2n) is 2.97. The predicted octanol–water partition coefficient (Wildman–Crippen LogP) is 2.03. The molecule has 4 nitrogen and oxygen atoms in total. The van der Waals surface area contributed by atoms with Crippen molar-refractivity contribution in [3.8, 4) is 6.07 Å². The Kier molecular flexibility index (Phi) is 4.06. The van der Waals surface area contributed by atoms with Crippen molar-refractivity contribution in [2.45, 2.75) is 6.36 Å². The first-order valence-electron chi connectivity index (χ1n) is 4.41. The zero-order valence-corrected chi connectivity index (χ0v) is 8.41. The lowest BCUT2D eigenvalue weighted by atomic mass is 10.2. The number of carbonyl (C=O) groups is 1. The van der Waals surface area contributed by atoms with Gasteiger partial charge in [-0.3, -0.25) is 9.53 Å². The fraction of sp³-hybridized carbons (Fsp3) is 0.200. The first-order valence-corrected chi connectivity index (χ1v) is 4.41. The van der Waals surface area contributed by atoms with Gasteiger partial charge in [0.2, 0.25) is 0 Å². The first-order chi connectivity index (χ1) is 7.90. The minimum absolute atomic E-state index is 0.291. The van der Waals surface area contributed by atoms with Gasteiger partial charge in [-0.25, -0.2) is 0 Å². The molecule has 0 bridgehead atoms. The fourth-order valence-electron chi connectivity index (χ4n) is 0.973. The SMILES string of the molecule is N#Cc1ccc(NC(=O)COC(F)(F)F)cc1. The van der Waals surface area contributed by atoms with Gasteiger partial charge in [0.1, 0.15) is 6.61 Å². The van der Waals surface area contributed by atoms with E-state index in [1.807, 2.05) is 6.07 Å². The summed E-state index contributed by atoms with van der Waals surface area (Å²) in [6, 6.07) is 7.54. The van der Waals surface area contributed by atoms with Gasteiger partial charge in [0.15, 0.2) is 0 Å². The van der Waals surface area contributed by atoms with Crippen molar-refractivity contribution in [2.75, 3.05) is 11.9 Å². The van der Waals surface area contributed by atoms with Gasteiger partial charge in [0, 0.05) is 5.69 Å². The third kappa shape index (κ3) is 4.99. The number of rotatable bonds is 3. The quantitative estimate of drug-likeness (QED) is 0.884. The summed E-state index contributed by atoms with van der Waals surface area (Å²) in [7, 11) is 0. The number of amides is 1. The highest BCUT2D eigenvalue weighted by molar-refractivity contribution is 5.91. The average Bonchev–Trinajstić information content (AvgIpc) is 2.27. The topological polar surface area (TPSA) is 62.1 Å². The molecule has 1 rings (SSSR count). The number of nitriles is 1. The van der Waals surface area contributed by atoms with E-state index in [-0.39, 0.29) is 0 Å². The van der Waals surface area contributed by atoms with Gasteiger partial charge in [-0.15, -0.1) is 13.2 Å². The predicted molar refractivity (Wildman–Crippen MR) is 51.8 cm³/mol. The normalized spacial score (nSPS) is 10.7. The minimum atomic E-state index is -4.83. The van der Waals surface area contributed by atoms with Gasteiger partial charge in [-0.2, -0.15) is 5.26 Å². The Morgan fingerprint density at radius 1 is 1.35 bits per heavy atom. The molecule has 0 saturated heterocycles. The summed E-state index contributed by atoms with van der Waals surface area (Å²) in [5, 5.41) is 10.7. The maximum absolute atomic E-state index is 11.6. The van der Waals surface area contributed by atoms with Crippen LogP contribution in [-0.4, -0.2) is 18.9 Å². The van der Waals surface area contributed by atoms with E-state index in [0.717, 1.165) is 0 Å². The molecular formula is C10H7F3N2O2. The van der Waals surface area contributed by atoms with Crippen LogP contribution in [-0.2, 0) is 9.53 Å². The Morgan fingerprint density at radius 3 is 2.41 bits per heavy atom. The molecule has 1 N–H and O–H groups in total. The molecule has 0 saturated carbocycles. The maximum Gasteiger partial charge on any atom is 0.523 e. The third-order valence-corrected chi connectivity index (χ3v) is 1.66. The molecule has 0 aromatic heterocycles. The number of carbonyl (C=O) groups excluding carboxylic acids is 1. The molecule has 1 aromatic rings. The van der Waals surface area contributed by atoms with Gasteiger partial charge >= 0.3 is 6.36 Å². The summed E-state index contributed by atoms with van der Waals surface area (Å²) in [5.74, 6) is -0.924. The Morgan fingerprint density at radius 2 is 1.94 bits per heavy atom. The number of nitrogens with one attached hydrogen (secondary N) is 1. The molecule has 0 aliphatic heterocycles. The summed E-state index contributed by atoms with van der Waals surface area (Å²) >= 11 is 0. The van der Waals surface area contributed by atoms with Crippen molar-refractivity contribution >= 4 is 11.6 Å². The van der Waals surface area contributed by atoms with E-state index in [1.54, 1.807) is 0 Å². The van der Waals surface area contributed by atoms with Crippen LogP contribution in [0.2, 0.25) is 0 Å². The smallest absolute Gasteiger partial charge is 0.324 e. The van der Waals surface area contributed by atoms with Crippen molar-refractivity contribution < 1.29 is 22.7 Å². The van der Waals surface area contributed by atoms with E-state index in [2.05, 4.69) is 10.1 Å². The fourth-order valence-corrected chi connectivity index (χ4v) is 0.973. The van der Waals surface area contributed by atoms with Crippen molar-refractivity contribution in [3.63, 3.8) is 0 Å². The van der Waals surface area contributed by atoms with Crippen LogP contribution in [0, 0.1) is 11.3 Å². The van der Waals surface area contributed by atoms with Gasteiger partial charge < -0.3 is 5.32 Å². The number of hydrogen-bond donors (Lipinski definition) is 1. The van der Waals surface area contributed by atoms with Crippen LogP contribution in [0.5, 0.6) is 0 Å². The van der Waals surface area contributed by atoms with E-state index < -0.39 is 18.9 Å². The van der Waals surface area contributed by atoms with E-state index in [0.29, 0.717) is 11.3 Å². The molecule has 0 atom stereocenters. The van der Waals surface area contributed by atoms with Crippen molar-refractivity contribution in [1.82, 2.24) is 0 Å². The number of ether oxygens (including phenoxy) is 1. The largest absolute Gasteiger partial charge is 0.523 e. The zero-order chi connectivity index (χ0) is 12.9. The Labute approximate surface area is 94.6 Å². The Hall–Kier alpha value is -2.07. The maximum atomic E-state index is 11.6. The molecule has 0 spiro atoms. The second kappa shape index (κ2) is 5.32. The second-order valence-corrected chi connectivity index (χ2v) is 2.97. The number of halogens is 3.